The zero-order valence-electron chi connectivity index (χ0n) is 18.9. The monoisotopic (exact) mass is 470 g/mol. The minimum atomic E-state index is -0.379. The van der Waals surface area contributed by atoms with Crippen LogP contribution in [0.25, 0.3) is 10.9 Å². The van der Waals surface area contributed by atoms with E-state index in [0.717, 1.165) is 49.4 Å². The highest BCUT2D eigenvalue weighted by Crippen LogP contribution is 2.30. The van der Waals surface area contributed by atoms with Gasteiger partial charge in [0.25, 0.3) is 5.91 Å². The Balaban J connectivity index is 1.43. The van der Waals surface area contributed by atoms with Gasteiger partial charge in [0.2, 0.25) is 0 Å². The topological polar surface area (TPSA) is 57.7 Å². The maximum absolute atomic E-state index is 14.1. The van der Waals surface area contributed by atoms with Crippen molar-refractivity contribution >= 4 is 34.1 Å². The number of likely N-dealkylation sites (N-methyl/N-ethyl adjacent to an activating group) is 1. The zero-order chi connectivity index (χ0) is 23.4. The van der Waals surface area contributed by atoms with Crippen molar-refractivity contribution in [2.24, 2.45) is 0 Å². The number of rotatable bonds is 7. The molecule has 174 valence electrons. The SMILES string of the molecule is CCN1CCN(c2ccc(F)cc2C(C)NC(=O)COc2ccc(Cl)c3cccnc23)CC1. The molecule has 1 unspecified atom stereocenters. The van der Waals surface area contributed by atoms with Crippen LogP contribution in [0, 0.1) is 5.82 Å². The van der Waals surface area contributed by atoms with Crippen LogP contribution in [0.2, 0.25) is 5.02 Å². The molecule has 33 heavy (non-hydrogen) atoms. The lowest BCUT2D eigenvalue weighted by molar-refractivity contribution is -0.123. The molecule has 1 aliphatic heterocycles. The van der Waals surface area contributed by atoms with E-state index < -0.39 is 0 Å². The van der Waals surface area contributed by atoms with E-state index in [2.05, 4.69) is 27.0 Å². The molecule has 1 amide bonds. The van der Waals surface area contributed by atoms with E-state index in [0.29, 0.717) is 16.3 Å². The molecule has 2 aromatic carbocycles. The molecule has 0 bridgehead atoms. The molecule has 1 aliphatic rings. The second-order valence-corrected chi connectivity index (χ2v) is 8.55. The van der Waals surface area contributed by atoms with Gasteiger partial charge in [0.1, 0.15) is 17.1 Å². The Morgan fingerprint density at radius 3 is 2.76 bits per heavy atom. The van der Waals surface area contributed by atoms with Crippen molar-refractivity contribution in [3.8, 4) is 5.75 Å². The largest absolute Gasteiger partial charge is 0.481 e. The van der Waals surface area contributed by atoms with Crippen molar-refractivity contribution in [3.05, 3.63) is 65.1 Å². The highest BCUT2D eigenvalue weighted by molar-refractivity contribution is 6.35. The Labute approximate surface area is 198 Å². The fourth-order valence-corrected chi connectivity index (χ4v) is 4.41. The molecule has 0 aliphatic carbocycles. The second-order valence-electron chi connectivity index (χ2n) is 8.15. The molecule has 1 atom stereocenters. The summed E-state index contributed by atoms with van der Waals surface area (Å²) in [6, 6.07) is 11.5. The second kappa shape index (κ2) is 10.4. The summed E-state index contributed by atoms with van der Waals surface area (Å²) in [5.74, 6) is -0.136. The summed E-state index contributed by atoms with van der Waals surface area (Å²) < 4.78 is 19.8. The summed E-state index contributed by atoms with van der Waals surface area (Å²) in [4.78, 5) is 21.6. The van der Waals surface area contributed by atoms with Gasteiger partial charge in [-0.05, 0) is 55.9 Å². The minimum Gasteiger partial charge on any atom is -0.481 e. The van der Waals surface area contributed by atoms with Crippen LogP contribution in [0.4, 0.5) is 10.1 Å². The Bertz CT molecular complexity index is 1130. The number of nitrogens with one attached hydrogen (secondary N) is 1. The predicted molar refractivity (Wildman–Crippen MR) is 130 cm³/mol. The molecule has 2 heterocycles. The van der Waals surface area contributed by atoms with E-state index >= 15 is 0 Å². The summed E-state index contributed by atoms with van der Waals surface area (Å²) in [6.45, 7) is 8.52. The maximum Gasteiger partial charge on any atom is 0.258 e. The highest BCUT2D eigenvalue weighted by atomic mass is 35.5. The Hall–Kier alpha value is -2.90. The lowest BCUT2D eigenvalue weighted by Gasteiger charge is -2.37. The lowest BCUT2D eigenvalue weighted by atomic mass is 10.0. The van der Waals surface area contributed by atoms with Crippen LogP contribution in [0.5, 0.6) is 5.75 Å². The number of benzene rings is 2. The van der Waals surface area contributed by atoms with Crippen molar-refractivity contribution in [3.63, 3.8) is 0 Å². The van der Waals surface area contributed by atoms with E-state index in [1.807, 2.05) is 13.0 Å². The Morgan fingerprint density at radius 2 is 2.00 bits per heavy atom. The molecule has 1 fully saturated rings. The fourth-order valence-electron chi connectivity index (χ4n) is 4.20. The van der Waals surface area contributed by atoms with Crippen molar-refractivity contribution in [1.82, 2.24) is 15.2 Å². The van der Waals surface area contributed by atoms with E-state index in [1.54, 1.807) is 30.5 Å². The van der Waals surface area contributed by atoms with Crippen molar-refractivity contribution in [2.75, 3.05) is 44.2 Å². The number of amides is 1. The number of carbonyl (C=O) groups excluding carboxylic acids is 1. The van der Waals surface area contributed by atoms with Gasteiger partial charge in [0.05, 0.1) is 11.1 Å². The third-order valence-corrected chi connectivity index (χ3v) is 6.36. The smallest absolute Gasteiger partial charge is 0.258 e. The normalized spacial score (nSPS) is 15.5. The van der Waals surface area contributed by atoms with Gasteiger partial charge in [0.15, 0.2) is 6.61 Å². The predicted octanol–water partition coefficient (Wildman–Crippen LogP) is 4.43. The number of nitrogens with zero attached hydrogens (tertiary/aromatic N) is 3. The first-order chi connectivity index (χ1) is 16.0. The summed E-state index contributed by atoms with van der Waals surface area (Å²) in [7, 11) is 0. The highest BCUT2D eigenvalue weighted by Gasteiger charge is 2.22. The van der Waals surface area contributed by atoms with Crippen molar-refractivity contribution in [2.45, 2.75) is 19.9 Å². The molecule has 3 aromatic rings. The van der Waals surface area contributed by atoms with Gasteiger partial charge < -0.3 is 19.9 Å². The fraction of sp³-hybridized carbons (Fsp3) is 0.360. The van der Waals surface area contributed by atoms with Gasteiger partial charge in [-0.3, -0.25) is 9.78 Å². The number of anilines is 1. The first-order valence-electron chi connectivity index (χ1n) is 11.2. The zero-order valence-corrected chi connectivity index (χ0v) is 19.6. The van der Waals surface area contributed by atoms with Gasteiger partial charge in [-0.15, -0.1) is 0 Å². The number of halogens is 2. The average molecular weight is 471 g/mol. The summed E-state index contributed by atoms with van der Waals surface area (Å²) in [6.07, 6.45) is 1.65. The van der Waals surface area contributed by atoms with Gasteiger partial charge >= 0.3 is 0 Å². The molecule has 1 aromatic heterocycles. The lowest BCUT2D eigenvalue weighted by Crippen LogP contribution is -2.46. The van der Waals surface area contributed by atoms with Crippen LogP contribution in [0.15, 0.2) is 48.7 Å². The molecule has 0 saturated carbocycles. The molecule has 6 nitrogen and oxygen atoms in total. The number of aromatic nitrogens is 1. The molecule has 1 N–H and O–H groups in total. The standard InChI is InChI=1S/C25H28ClFN4O2/c1-3-30-11-13-31(14-12-30)22-8-6-18(27)15-20(22)17(2)29-24(32)16-33-23-9-7-21(26)19-5-4-10-28-25(19)23/h4-10,15,17H,3,11-14,16H2,1-2H3,(H,29,32). The number of carbonyl (C=O) groups is 1. The van der Waals surface area contributed by atoms with Crippen LogP contribution in [0.1, 0.15) is 25.5 Å². The van der Waals surface area contributed by atoms with Crippen LogP contribution in [-0.4, -0.2) is 55.1 Å². The Morgan fingerprint density at radius 1 is 1.21 bits per heavy atom. The van der Waals surface area contributed by atoms with Gasteiger partial charge in [-0.2, -0.15) is 0 Å². The quantitative estimate of drug-likeness (QED) is 0.553. The van der Waals surface area contributed by atoms with Crippen LogP contribution in [-0.2, 0) is 4.79 Å². The van der Waals surface area contributed by atoms with Gasteiger partial charge in [0, 0.05) is 49.0 Å². The molecular weight excluding hydrogens is 443 g/mol. The number of fused-ring (bicyclic) bond motifs is 1. The minimum absolute atomic E-state index is 0.183. The summed E-state index contributed by atoms with van der Waals surface area (Å²) in [5, 5.41) is 4.27. The number of pyridine rings is 1. The molecule has 0 radical (unpaired) electrons. The third-order valence-electron chi connectivity index (χ3n) is 6.03. The number of hydrogen-bond acceptors (Lipinski definition) is 5. The number of hydrogen-bond donors (Lipinski definition) is 1. The van der Waals surface area contributed by atoms with Crippen molar-refractivity contribution in [1.29, 1.82) is 0 Å². The van der Waals surface area contributed by atoms with Crippen molar-refractivity contribution < 1.29 is 13.9 Å². The first-order valence-corrected chi connectivity index (χ1v) is 11.6. The van der Waals surface area contributed by atoms with Gasteiger partial charge in [-0.25, -0.2) is 4.39 Å². The average Bonchev–Trinajstić information content (AvgIpc) is 2.84. The third kappa shape index (κ3) is 5.37. The molecular formula is C25H28ClFN4O2. The first kappa shape index (κ1) is 23.3. The van der Waals surface area contributed by atoms with E-state index in [1.165, 1.54) is 12.1 Å². The molecule has 1 saturated heterocycles. The van der Waals surface area contributed by atoms with Gasteiger partial charge in [-0.1, -0.05) is 18.5 Å². The molecule has 8 heteroatoms. The van der Waals surface area contributed by atoms with E-state index in [9.17, 15) is 9.18 Å². The summed E-state index contributed by atoms with van der Waals surface area (Å²) >= 11 is 6.22. The van der Waals surface area contributed by atoms with E-state index in [-0.39, 0.29) is 24.4 Å². The number of ether oxygens (including phenoxy) is 1. The van der Waals surface area contributed by atoms with Crippen LogP contribution < -0.4 is 15.0 Å². The Kier molecular flexibility index (Phi) is 7.30. The molecule has 4 rings (SSSR count). The van der Waals surface area contributed by atoms with Crippen LogP contribution in [0.3, 0.4) is 0 Å². The number of piperazine rings is 1. The van der Waals surface area contributed by atoms with E-state index in [4.69, 9.17) is 16.3 Å². The summed E-state index contributed by atoms with van der Waals surface area (Å²) in [5.41, 5.74) is 2.31. The maximum atomic E-state index is 14.1. The molecule has 0 spiro atoms. The van der Waals surface area contributed by atoms with Crippen LogP contribution >= 0.6 is 11.6 Å².